The van der Waals surface area contributed by atoms with Gasteiger partial charge in [0.1, 0.15) is 5.92 Å². The van der Waals surface area contributed by atoms with Gasteiger partial charge >= 0.3 is 5.97 Å². The van der Waals surface area contributed by atoms with Crippen LogP contribution in [0.25, 0.3) is 0 Å². The molecule has 0 amide bonds. The molecule has 0 saturated carbocycles. The first-order chi connectivity index (χ1) is 10.6. The number of carboxylic acid groups (broad SMARTS) is 1. The van der Waals surface area contributed by atoms with Crippen molar-refractivity contribution in [1.29, 1.82) is 5.41 Å². The number of allylic oxidation sites excluding steroid dienone is 1. The summed E-state index contributed by atoms with van der Waals surface area (Å²) in [7, 11) is 0. The molecule has 0 heterocycles. The number of aliphatic carboxylic acids is 1. The quantitative estimate of drug-likeness (QED) is 0.454. The Morgan fingerprint density at radius 1 is 1.45 bits per heavy atom. The molecule has 1 atom stereocenters. The number of hydrogen-bond acceptors (Lipinski definition) is 2. The highest BCUT2D eigenvalue weighted by Crippen LogP contribution is 2.13. The van der Waals surface area contributed by atoms with E-state index in [0.29, 0.717) is 6.42 Å². The third-order valence-corrected chi connectivity index (χ3v) is 3.41. The van der Waals surface area contributed by atoms with Crippen molar-refractivity contribution >= 4 is 12.2 Å². The van der Waals surface area contributed by atoms with Crippen LogP contribution in [0.15, 0.2) is 30.4 Å². The Kier molecular flexibility index (Phi) is 7.70. The van der Waals surface area contributed by atoms with Crippen molar-refractivity contribution in [2.45, 2.75) is 39.5 Å². The van der Waals surface area contributed by atoms with Gasteiger partial charge in [-0.1, -0.05) is 43.4 Å². The molecule has 22 heavy (non-hydrogen) atoms. The average molecular weight is 297 g/mol. The van der Waals surface area contributed by atoms with Crippen LogP contribution in [0, 0.1) is 30.1 Å². The smallest absolute Gasteiger partial charge is 0.315 e. The summed E-state index contributed by atoms with van der Waals surface area (Å²) in [5.41, 5.74) is 3.64. The van der Waals surface area contributed by atoms with E-state index in [0.717, 1.165) is 18.2 Å². The van der Waals surface area contributed by atoms with Gasteiger partial charge in [-0.2, -0.15) is 0 Å². The van der Waals surface area contributed by atoms with Crippen molar-refractivity contribution in [3.8, 4) is 11.8 Å². The Morgan fingerprint density at radius 3 is 2.86 bits per heavy atom. The summed E-state index contributed by atoms with van der Waals surface area (Å²) in [5.74, 6) is 4.25. The average Bonchev–Trinajstić information content (AvgIpc) is 2.50. The highest BCUT2D eigenvalue weighted by Gasteiger charge is 2.08. The second kappa shape index (κ2) is 9.57. The first kappa shape index (κ1) is 17.7. The van der Waals surface area contributed by atoms with Crippen LogP contribution in [0.1, 0.15) is 42.9 Å². The number of carboxylic acids is 1. The lowest BCUT2D eigenvalue weighted by atomic mass is 10.0. The number of hydrogen-bond donors (Lipinski definition) is 2. The molecule has 0 radical (unpaired) electrons. The summed E-state index contributed by atoms with van der Waals surface area (Å²) in [4.78, 5) is 10.7. The molecular formula is C19H23NO2. The fourth-order valence-electron chi connectivity index (χ4n) is 2.02. The SMILES string of the molecule is CCCCc1cc(C#CCC=CC(C=N)C(=O)O)ccc1C. The minimum absolute atomic E-state index is 0.482. The Bertz CT molecular complexity index is 606. The standard InChI is InChI=1S/C19H23NO2/c1-3-4-9-17-13-16(12-11-15(17)2)8-6-5-7-10-18(14-20)19(21)22/h7,10-14,18,20H,3-5,9H2,1-2H3,(H,21,22). The van der Waals surface area contributed by atoms with E-state index in [1.807, 2.05) is 6.07 Å². The summed E-state index contributed by atoms with van der Waals surface area (Å²) < 4.78 is 0. The molecule has 0 bridgehead atoms. The van der Waals surface area contributed by atoms with Gasteiger partial charge in [0.2, 0.25) is 0 Å². The summed E-state index contributed by atoms with van der Waals surface area (Å²) in [5, 5.41) is 15.8. The predicted octanol–water partition coefficient (Wildman–Crippen LogP) is 3.99. The number of unbranched alkanes of at least 4 members (excludes halogenated alkanes) is 1. The van der Waals surface area contributed by atoms with E-state index in [4.69, 9.17) is 10.5 Å². The van der Waals surface area contributed by atoms with Crippen LogP contribution >= 0.6 is 0 Å². The van der Waals surface area contributed by atoms with Gasteiger partial charge in [-0.05, 0) is 43.0 Å². The van der Waals surface area contributed by atoms with Gasteiger partial charge < -0.3 is 10.5 Å². The number of rotatable bonds is 7. The predicted molar refractivity (Wildman–Crippen MR) is 90.3 cm³/mol. The molecular weight excluding hydrogens is 274 g/mol. The van der Waals surface area contributed by atoms with Gasteiger partial charge in [0.05, 0.1) is 0 Å². The molecule has 0 aliphatic heterocycles. The molecule has 0 fully saturated rings. The molecule has 0 aliphatic carbocycles. The molecule has 0 saturated heterocycles. The zero-order valence-electron chi connectivity index (χ0n) is 13.2. The van der Waals surface area contributed by atoms with E-state index in [1.165, 1.54) is 30.0 Å². The molecule has 0 aromatic heterocycles. The highest BCUT2D eigenvalue weighted by molar-refractivity contribution is 5.89. The van der Waals surface area contributed by atoms with Gasteiger partial charge in [0.25, 0.3) is 0 Å². The van der Waals surface area contributed by atoms with Crippen LogP contribution in [0.4, 0.5) is 0 Å². The monoisotopic (exact) mass is 297 g/mol. The molecule has 1 aromatic rings. The summed E-state index contributed by atoms with van der Waals surface area (Å²) in [6, 6.07) is 6.25. The van der Waals surface area contributed by atoms with Crippen molar-refractivity contribution in [1.82, 2.24) is 0 Å². The zero-order valence-corrected chi connectivity index (χ0v) is 13.2. The Morgan fingerprint density at radius 2 is 2.23 bits per heavy atom. The number of benzene rings is 1. The molecule has 0 aliphatic rings. The van der Waals surface area contributed by atoms with Crippen LogP contribution in [0.3, 0.4) is 0 Å². The van der Waals surface area contributed by atoms with Gasteiger partial charge in [0, 0.05) is 18.2 Å². The van der Waals surface area contributed by atoms with E-state index < -0.39 is 11.9 Å². The molecule has 2 N–H and O–H groups in total. The lowest BCUT2D eigenvalue weighted by Crippen LogP contribution is -2.11. The van der Waals surface area contributed by atoms with Crippen LogP contribution in [0.2, 0.25) is 0 Å². The van der Waals surface area contributed by atoms with Crippen molar-refractivity contribution in [2.75, 3.05) is 0 Å². The summed E-state index contributed by atoms with van der Waals surface area (Å²) in [6.07, 6.45) is 8.02. The van der Waals surface area contributed by atoms with Crippen molar-refractivity contribution in [2.24, 2.45) is 5.92 Å². The first-order valence-electron chi connectivity index (χ1n) is 7.57. The van der Waals surface area contributed by atoms with Crippen molar-refractivity contribution in [3.05, 3.63) is 47.0 Å². The van der Waals surface area contributed by atoms with E-state index in [2.05, 4.69) is 37.8 Å². The van der Waals surface area contributed by atoms with E-state index in [-0.39, 0.29) is 0 Å². The van der Waals surface area contributed by atoms with Crippen LogP contribution < -0.4 is 0 Å². The lowest BCUT2D eigenvalue weighted by molar-refractivity contribution is -0.137. The second-order valence-electron chi connectivity index (χ2n) is 5.21. The minimum atomic E-state index is -1.02. The third kappa shape index (κ3) is 5.97. The fraction of sp³-hybridized carbons (Fsp3) is 0.368. The molecule has 116 valence electrons. The molecule has 0 spiro atoms. The molecule has 1 unspecified atom stereocenters. The van der Waals surface area contributed by atoms with Gasteiger partial charge in [-0.15, -0.1) is 0 Å². The largest absolute Gasteiger partial charge is 0.481 e. The number of carbonyl (C=O) groups is 1. The molecule has 3 nitrogen and oxygen atoms in total. The van der Waals surface area contributed by atoms with Crippen LogP contribution in [-0.2, 0) is 11.2 Å². The Hall–Kier alpha value is -2.34. The number of nitrogens with one attached hydrogen (secondary N) is 1. The van der Waals surface area contributed by atoms with Gasteiger partial charge in [0.15, 0.2) is 0 Å². The zero-order chi connectivity index (χ0) is 16.4. The van der Waals surface area contributed by atoms with E-state index in [1.54, 1.807) is 6.08 Å². The summed E-state index contributed by atoms with van der Waals surface area (Å²) >= 11 is 0. The lowest BCUT2D eigenvalue weighted by Gasteiger charge is -2.05. The Labute approximate surface area is 132 Å². The maximum atomic E-state index is 10.7. The van der Waals surface area contributed by atoms with E-state index in [9.17, 15) is 4.79 Å². The Balaban J connectivity index is 2.66. The topological polar surface area (TPSA) is 61.2 Å². The van der Waals surface area contributed by atoms with Crippen LogP contribution in [-0.4, -0.2) is 17.3 Å². The van der Waals surface area contributed by atoms with Crippen molar-refractivity contribution < 1.29 is 9.90 Å². The minimum Gasteiger partial charge on any atom is -0.481 e. The first-order valence-corrected chi connectivity index (χ1v) is 7.57. The maximum Gasteiger partial charge on any atom is 0.315 e. The van der Waals surface area contributed by atoms with Gasteiger partial charge in [-0.25, -0.2) is 0 Å². The fourth-order valence-corrected chi connectivity index (χ4v) is 2.02. The number of aryl methyl sites for hydroxylation is 2. The van der Waals surface area contributed by atoms with Crippen molar-refractivity contribution in [3.63, 3.8) is 0 Å². The summed E-state index contributed by atoms with van der Waals surface area (Å²) in [6.45, 7) is 4.30. The molecule has 1 aromatic carbocycles. The third-order valence-electron chi connectivity index (χ3n) is 3.41. The highest BCUT2D eigenvalue weighted by atomic mass is 16.4. The normalized spacial score (nSPS) is 11.7. The second-order valence-corrected chi connectivity index (χ2v) is 5.21. The van der Waals surface area contributed by atoms with Crippen LogP contribution in [0.5, 0.6) is 0 Å². The molecule has 1 rings (SSSR count). The van der Waals surface area contributed by atoms with E-state index >= 15 is 0 Å². The van der Waals surface area contributed by atoms with Gasteiger partial charge in [-0.3, -0.25) is 4.79 Å². The molecule has 3 heteroatoms. The maximum absolute atomic E-state index is 10.7.